The van der Waals surface area contributed by atoms with E-state index in [0.717, 1.165) is 9.87 Å². The van der Waals surface area contributed by atoms with Crippen molar-refractivity contribution >= 4 is 38.9 Å². The first kappa shape index (κ1) is 25.1. The van der Waals surface area contributed by atoms with Gasteiger partial charge in [0, 0.05) is 0 Å². The normalized spacial score (nSPS) is 11.6. The van der Waals surface area contributed by atoms with Gasteiger partial charge in [-0.1, -0.05) is 29.8 Å². The first-order valence-electron chi connectivity index (χ1n) is 10.1. The lowest BCUT2D eigenvalue weighted by atomic mass is 10.1. The summed E-state index contributed by atoms with van der Waals surface area (Å²) in [5.74, 6) is 0.450. The summed E-state index contributed by atoms with van der Waals surface area (Å²) in [7, 11) is -1.05. The average molecular weight is 502 g/mol. The van der Waals surface area contributed by atoms with E-state index in [9.17, 15) is 13.2 Å². The number of sulfonamides is 1. The van der Waals surface area contributed by atoms with Gasteiger partial charge >= 0.3 is 0 Å². The number of hydrogen-bond acceptors (Lipinski definition) is 6. The van der Waals surface area contributed by atoms with Gasteiger partial charge in [-0.25, -0.2) is 13.8 Å². The second-order valence-corrected chi connectivity index (χ2v) is 9.37. The summed E-state index contributed by atoms with van der Waals surface area (Å²) >= 11 is 6.22. The highest BCUT2D eigenvalue weighted by Crippen LogP contribution is 2.31. The number of halogens is 1. The number of amides is 1. The third-order valence-corrected chi connectivity index (χ3v) is 6.98. The number of benzene rings is 3. The van der Waals surface area contributed by atoms with Crippen LogP contribution < -0.4 is 19.2 Å². The highest BCUT2D eigenvalue weighted by molar-refractivity contribution is 7.92. The molecular weight excluding hydrogens is 478 g/mol. The monoisotopic (exact) mass is 501 g/mol. The maximum Gasteiger partial charge on any atom is 0.264 e. The van der Waals surface area contributed by atoms with Gasteiger partial charge in [0.2, 0.25) is 0 Å². The molecule has 8 nitrogen and oxygen atoms in total. The summed E-state index contributed by atoms with van der Waals surface area (Å²) in [6.07, 6.45) is 0. The quantitative estimate of drug-likeness (QED) is 0.352. The van der Waals surface area contributed by atoms with E-state index < -0.39 is 22.5 Å². The molecule has 3 rings (SSSR count). The highest BCUT2D eigenvalue weighted by Gasteiger charge is 2.27. The summed E-state index contributed by atoms with van der Waals surface area (Å²) in [4.78, 5) is 12.8. The van der Waals surface area contributed by atoms with Crippen LogP contribution in [0, 0.1) is 0 Å². The van der Waals surface area contributed by atoms with Crippen molar-refractivity contribution in [3.63, 3.8) is 0 Å². The number of carbonyl (C=O) groups excluding carboxylic acids is 1. The molecule has 0 spiro atoms. The van der Waals surface area contributed by atoms with Gasteiger partial charge in [-0.3, -0.25) is 9.10 Å². The SMILES string of the molecule is COc1ccc(C(C)=NNC(=O)CN(c2ccc(OC)c(Cl)c2)S(=O)(=O)c2ccccc2)cc1. The number of hydrogen-bond donors (Lipinski definition) is 1. The Kier molecular flexibility index (Phi) is 8.14. The predicted molar refractivity (Wildman–Crippen MR) is 132 cm³/mol. The van der Waals surface area contributed by atoms with Crippen molar-refractivity contribution in [2.24, 2.45) is 5.10 Å². The predicted octanol–water partition coefficient (Wildman–Crippen LogP) is 4.09. The number of methoxy groups -OCH3 is 2. The van der Waals surface area contributed by atoms with Crippen LogP contribution in [0.1, 0.15) is 12.5 Å². The van der Waals surface area contributed by atoms with E-state index in [1.807, 2.05) is 0 Å². The van der Waals surface area contributed by atoms with Gasteiger partial charge in [-0.05, 0) is 67.1 Å². The van der Waals surface area contributed by atoms with E-state index in [-0.39, 0.29) is 15.6 Å². The molecular formula is C24H24ClN3O5S. The van der Waals surface area contributed by atoms with Crippen LogP contribution in [-0.4, -0.2) is 40.8 Å². The second-order valence-electron chi connectivity index (χ2n) is 7.10. The van der Waals surface area contributed by atoms with Gasteiger partial charge < -0.3 is 9.47 Å². The molecule has 0 unspecified atom stereocenters. The zero-order chi connectivity index (χ0) is 24.7. The highest BCUT2D eigenvalue weighted by atomic mass is 35.5. The van der Waals surface area contributed by atoms with Gasteiger partial charge in [-0.2, -0.15) is 5.10 Å². The number of rotatable bonds is 9. The second kappa shape index (κ2) is 11.0. The van der Waals surface area contributed by atoms with E-state index >= 15 is 0 Å². The van der Waals surface area contributed by atoms with E-state index in [1.165, 1.54) is 37.4 Å². The summed E-state index contributed by atoms with van der Waals surface area (Å²) in [5.41, 5.74) is 3.95. The van der Waals surface area contributed by atoms with Crippen molar-refractivity contribution in [1.82, 2.24) is 5.43 Å². The number of nitrogens with one attached hydrogen (secondary N) is 1. The number of hydrazone groups is 1. The minimum Gasteiger partial charge on any atom is -0.497 e. The third kappa shape index (κ3) is 5.86. The molecule has 0 saturated heterocycles. The van der Waals surface area contributed by atoms with Crippen molar-refractivity contribution in [1.29, 1.82) is 0 Å². The van der Waals surface area contributed by atoms with E-state index in [0.29, 0.717) is 17.2 Å². The molecule has 0 radical (unpaired) electrons. The number of anilines is 1. The van der Waals surface area contributed by atoms with E-state index in [1.54, 1.807) is 56.5 Å². The Bertz CT molecular complexity index is 1280. The molecule has 10 heteroatoms. The fraction of sp³-hybridized carbons (Fsp3) is 0.167. The first-order valence-corrected chi connectivity index (χ1v) is 12.0. The van der Waals surface area contributed by atoms with E-state index in [4.69, 9.17) is 21.1 Å². The largest absolute Gasteiger partial charge is 0.497 e. The molecule has 0 aliphatic carbocycles. The van der Waals surface area contributed by atoms with Gasteiger partial charge in [0.05, 0.1) is 35.5 Å². The van der Waals surface area contributed by atoms with Gasteiger partial charge in [0.1, 0.15) is 18.0 Å². The molecule has 3 aromatic rings. The molecule has 1 N–H and O–H groups in total. The Labute approximate surface area is 203 Å². The molecule has 0 aromatic heterocycles. The Morgan fingerprint density at radius 1 is 1.00 bits per heavy atom. The smallest absolute Gasteiger partial charge is 0.264 e. The Morgan fingerprint density at radius 3 is 2.26 bits per heavy atom. The molecule has 0 atom stereocenters. The number of ether oxygens (including phenoxy) is 2. The van der Waals surface area contributed by atoms with Crippen LogP contribution in [0.4, 0.5) is 5.69 Å². The molecule has 0 aliphatic rings. The Morgan fingerprint density at radius 2 is 1.68 bits per heavy atom. The zero-order valence-electron chi connectivity index (χ0n) is 18.9. The minimum absolute atomic E-state index is 0.0349. The molecule has 34 heavy (non-hydrogen) atoms. The van der Waals surface area contributed by atoms with Crippen LogP contribution in [0.3, 0.4) is 0 Å². The summed E-state index contributed by atoms with van der Waals surface area (Å²) in [6.45, 7) is 1.21. The Hall–Kier alpha value is -3.56. The maximum absolute atomic E-state index is 13.4. The van der Waals surface area contributed by atoms with Crippen molar-refractivity contribution in [2.45, 2.75) is 11.8 Å². The molecule has 0 aliphatic heterocycles. The first-order chi connectivity index (χ1) is 16.3. The lowest BCUT2D eigenvalue weighted by Gasteiger charge is -2.24. The van der Waals surface area contributed by atoms with Crippen molar-refractivity contribution < 1.29 is 22.7 Å². The van der Waals surface area contributed by atoms with Crippen LogP contribution in [0.2, 0.25) is 5.02 Å². The summed E-state index contributed by atoms with van der Waals surface area (Å²) < 4.78 is 38.0. The lowest BCUT2D eigenvalue weighted by molar-refractivity contribution is -0.119. The average Bonchev–Trinajstić information content (AvgIpc) is 2.86. The van der Waals surface area contributed by atoms with Gasteiger partial charge in [0.15, 0.2) is 0 Å². The standard InChI is InChI=1S/C24H24ClN3O5S/c1-17(18-9-12-20(32-2)13-10-18)26-27-24(29)16-28(19-11-14-23(33-3)22(25)15-19)34(30,31)21-7-5-4-6-8-21/h4-15H,16H2,1-3H3,(H,27,29). The molecule has 0 heterocycles. The van der Waals surface area contributed by atoms with Crippen molar-refractivity contribution in [2.75, 3.05) is 25.1 Å². The van der Waals surface area contributed by atoms with Crippen LogP contribution in [0.5, 0.6) is 11.5 Å². The topological polar surface area (TPSA) is 97.3 Å². The van der Waals surface area contributed by atoms with Gasteiger partial charge in [0.25, 0.3) is 15.9 Å². The van der Waals surface area contributed by atoms with Crippen molar-refractivity contribution in [3.05, 3.63) is 83.4 Å². The number of carbonyl (C=O) groups is 1. The van der Waals surface area contributed by atoms with Gasteiger partial charge in [-0.15, -0.1) is 0 Å². The fourth-order valence-corrected chi connectivity index (χ4v) is 4.74. The molecule has 0 fully saturated rings. The van der Waals surface area contributed by atoms with Crippen LogP contribution in [-0.2, 0) is 14.8 Å². The Balaban J connectivity index is 1.87. The van der Waals surface area contributed by atoms with E-state index in [2.05, 4.69) is 10.5 Å². The molecule has 0 bridgehead atoms. The molecule has 3 aromatic carbocycles. The lowest BCUT2D eigenvalue weighted by Crippen LogP contribution is -2.39. The zero-order valence-corrected chi connectivity index (χ0v) is 20.4. The summed E-state index contributed by atoms with van der Waals surface area (Å²) in [5, 5.41) is 4.32. The summed E-state index contributed by atoms with van der Waals surface area (Å²) in [6, 6.07) is 19.5. The van der Waals surface area contributed by atoms with Crippen LogP contribution in [0.25, 0.3) is 0 Å². The third-order valence-electron chi connectivity index (χ3n) is 4.90. The van der Waals surface area contributed by atoms with Crippen LogP contribution in [0.15, 0.2) is 82.8 Å². The molecule has 0 saturated carbocycles. The fourth-order valence-electron chi connectivity index (χ4n) is 3.05. The minimum atomic E-state index is -4.07. The van der Waals surface area contributed by atoms with Crippen molar-refractivity contribution in [3.8, 4) is 11.5 Å². The molecule has 1 amide bonds. The molecule has 178 valence electrons. The van der Waals surface area contributed by atoms with Crippen LogP contribution >= 0.6 is 11.6 Å². The number of nitrogens with zero attached hydrogens (tertiary/aromatic N) is 2. The maximum atomic E-state index is 13.4.